The molecule has 5 nitrogen and oxygen atoms in total. The first-order valence-corrected chi connectivity index (χ1v) is 9.10. The van der Waals surface area contributed by atoms with E-state index in [1.165, 1.54) is 30.5 Å². The summed E-state index contributed by atoms with van der Waals surface area (Å²) < 4.78 is 1.96. The zero-order chi connectivity index (χ0) is 18.3. The predicted octanol–water partition coefficient (Wildman–Crippen LogP) is 3.97. The van der Waals surface area contributed by atoms with Crippen molar-refractivity contribution in [1.82, 2.24) is 20.4 Å². The number of nitrogens with zero attached hydrogens (tertiary/aromatic N) is 3. The van der Waals surface area contributed by atoms with Gasteiger partial charge in [-0.2, -0.15) is 5.10 Å². The van der Waals surface area contributed by atoms with Gasteiger partial charge in [-0.3, -0.25) is 9.67 Å². The molecule has 0 saturated carbocycles. The first kappa shape index (κ1) is 24.2. The number of unbranched alkanes of at least 4 members (excludes halogenated alkanes) is 1. The van der Waals surface area contributed by atoms with Crippen LogP contribution in [-0.4, -0.2) is 35.4 Å². The van der Waals surface area contributed by atoms with E-state index in [1.54, 1.807) is 0 Å². The molecule has 1 aromatic heterocycles. The summed E-state index contributed by atoms with van der Waals surface area (Å²) in [5, 5.41) is 11.4. The third-order valence-electron chi connectivity index (χ3n) is 4.42. The molecule has 1 heterocycles. The molecular formula is C19H38IN5. The molecule has 6 heteroatoms. The molecule has 0 saturated heterocycles. The van der Waals surface area contributed by atoms with Crippen LogP contribution < -0.4 is 10.6 Å². The minimum absolute atomic E-state index is 0. The van der Waals surface area contributed by atoms with E-state index in [0.29, 0.717) is 11.5 Å². The van der Waals surface area contributed by atoms with Crippen LogP contribution in [0.1, 0.15) is 63.9 Å². The molecule has 146 valence electrons. The van der Waals surface area contributed by atoms with Crippen LogP contribution in [0.5, 0.6) is 0 Å². The van der Waals surface area contributed by atoms with Crippen molar-refractivity contribution in [2.75, 3.05) is 13.6 Å². The van der Waals surface area contributed by atoms with Gasteiger partial charge in [0.15, 0.2) is 5.96 Å². The Morgan fingerprint density at radius 2 is 1.88 bits per heavy atom. The molecule has 1 unspecified atom stereocenters. The number of guanidine groups is 1. The summed E-state index contributed by atoms with van der Waals surface area (Å²) in [5.41, 5.74) is 4.12. The van der Waals surface area contributed by atoms with Gasteiger partial charge in [-0.25, -0.2) is 0 Å². The van der Waals surface area contributed by atoms with Crippen molar-refractivity contribution in [3.05, 3.63) is 17.0 Å². The highest BCUT2D eigenvalue weighted by Gasteiger charge is 2.14. The number of aryl methyl sites for hydroxylation is 2. The number of aromatic nitrogens is 2. The lowest BCUT2D eigenvalue weighted by atomic mass is 9.90. The molecular weight excluding hydrogens is 425 g/mol. The van der Waals surface area contributed by atoms with E-state index < -0.39 is 0 Å². The summed E-state index contributed by atoms with van der Waals surface area (Å²) in [6.45, 7) is 14.3. The minimum Gasteiger partial charge on any atom is -0.356 e. The molecule has 25 heavy (non-hydrogen) atoms. The molecule has 1 atom stereocenters. The number of aliphatic imine (C=N–C) groups is 1. The fourth-order valence-electron chi connectivity index (χ4n) is 2.89. The standard InChI is InChI=1S/C19H37N5.HI/c1-14(13-17-15(2)23-24(8)16(17)3)22-18(20-7)21-12-10-9-11-19(4,5)6;/h14H,9-13H2,1-8H3,(H2,20,21,22);1H. The maximum Gasteiger partial charge on any atom is 0.191 e. The predicted molar refractivity (Wildman–Crippen MR) is 119 cm³/mol. The summed E-state index contributed by atoms with van der Waals surface area (Å²) in [4.78, 5) is 4.34. The van der Waals surface area contributed by atoms with Gasteiger partial charge >= 0.3 is 0 Å². The van der Waals surface area contributed by atoms with Crippen LogP contribution in [0.2, 0.25) is 0 Å². The third-order valence-corrected chi connectivity index (χ3v) is 4.42. The maximum atomic E-state index is 4.50. The Morgan fingerprint density at radius 3 is 2.36 bits per heavy atom. The van der Waals surface area contributed by atoms with Crippen LogP contribution in [-0.2, 0) is 13.5 Å². The second-order valence-corrected chi connectivity index (χ2v) is 8.04. The van der Waals surface area contributed by atoms with Gasteiger partial charge in [0.05, 0.1) is 5.69 Å². The van der Waals surface area contributed by atoms with Gasteiger partial charge in [-0.1, -0.05) is 27.2 Å². The molecule has 0 aliphatic rings. The second-order valence-electron chi connectivity index (χ2n) is 8.04. The highest BCUT2D eigenvalue weighted by Crippen LogP contribution is 2.21. The molecule has 0 amide bonds. The van der Waals surface area contributed by atoms with E-state index in [9.17, 15) is 0 Å². The van der Waals surface area contributed by atoms with Gasteiger partial charge in [0, 0.05) is 32.4 Å². The van der Waals surface area contributed by atoms with E-state index >= 15 is 0 Å². The fraction of sp³-hybridized carbons (Fsp3) is 0.789. The summed E-state index contributed by atoms with van der Waals surface area (Å²) >= 11 is 0. The average molecular weight is 463 g/mol. The van der Waals surface area contributed by atoms with Crippen LogP contribution in [0.4, 0.5) is 0 Å². The molecule has 0 aliphatic heterocycles. The van der Waals surface area contributed by atoms with Gasteiger partial charge in [-0.05, 0) is 51.0 Å². The normalized spacial score (nSPS) is 13.4. The highest BCUT2D eigenvalue weighted by atomic mass is 127. The largest absolute Gasteiger partial charge is 0.356 e. The van der Waals surface area contributed by atoms with Crippen molar-refractivity contribution in [1.29, 1.82) is 0 Å². The Bertz CT molecular complexity index is 543. The summed E-state index contributed by atoms with van der Waals surface area (Å²) in [6, 6.07) is 0.312. The second kappa shape index (κ2) is 11.0. The van der Waals surface area contributed by atoms with E-state index in [0.717, 1.165) is 24.6 Å². The maximum absolute atomic E-state index is 4.50. The van der Waals surface area contributed by atoms with Crippen LogP contribution in [0.3, 0.4) is 0 Å². The van der Waals surface area contributed by atoms with Crippen molar-refractivity contribution in [3.8, 4) is 0 Å². The van der Waals surface area contributed by atoms with Gasteiger partial charge in [0.2, 0.25) is 0 Å². The van der Waals surface area contributed by atoms with Crippen molar-refractivity contribution < 1.29 is 0 Å². The smallest absolute Gasteiger partial charge is 0.191 e. The van der Waals surface area contributed by atoms with E-state index in [4.69, 9.17) is 0 Å². The Kier molecular flexibility index (Phi) is 10.7. The highest BCUT2D eigenvalue weighted by molar-refractivity contribution is 14.0. The van der Waals surface area contributed by atoms with Gasteiger partial charge in [0.1, 0.15) is 0 Å². The molecule has 1 aromatic rings. The average Bonchev–Trinajstić information content (AvgIpc) is 2.71. The molecule has 1 rings (SSSR count). The molecule has 2 N–H and O–H groups in total. The molecule has 0 fully saturated rings. The van der Waals surface area contributed by atoms with Crippen LogP contribution in [0.25, 0.3) is 0 Å². The lowest BCUT2D eigenvalue weighted by Gasteiger charge is -2.19. The number of rotatable bonds is 7. The molecule has 0 aromatic carbocycles. The van der Waals surface area contributed by atoms with Gasteiger partial charge in [-0.15, -0.1) is 24.0 Å². The van der Waals surface area contributed by atoms with Crippen LogP contribution >= 0.6 is 24.0 Å². The Hall–Kier alpha value is -0.790. The van der Waals surface area contributed by atoms with E-state index in [1.807, 2.05) is 18.8 Å². The zero-order valence-electron chi connectivity index (χ0n) is 17.4. The fourth-order valence-corrected chi connectivity index (χ4v) is 2.89. The van der Waals surface area contributed by atoms with Crippen LogP contribution in [0.15, 0.2) is 4.99 Å². The minimum atomic E-state index is 0. The SMILES string of the molecule is CN=C(NCCCCC(C)(C)C)NC(C)Cc1c(C)nn(C)c1C.I. The van der Waals surface area contributed by atoms with E-state index in [2.05, 4.69) is 62.3 Å². The van der Waals surface area contributed by atoms with E-state index in [-0.39, 0.29) is 24.0 Å². The number of hydrogen-bond donors (Lipinski definition) is 2. The summed E-state index contributed by atoms with van der Waals surface area (Å²) in [7, 11) is 3.83. The third kappa shape index (κ3) is 8.92. The molecule has 0 spiro atoms. The number of hydrogen-bond acceptors (Lipinski definition) is 2. The molecule has 0 radical (unpaired) electrons. The number of halogens is 1. The summed E-state index contributed by atoms with van der Waals surface area (Å²) in [6.07, 6.45) is 4.64. The van der Waals surface area contributed by atoms with Crippen molar-refractivity contribution in [3.63, 3.8) is 0 Å². The van der Waals surface area contributed by atoms with Crippen molar-refractivity contribution in [2.24, 2.45) is 17.5 Å². The Labute approximate surface area is 171 Å². The van der Waals surface area contributed by atoms with Crippen molar-refractivity contribution in [2.45, 2.75) is 73.3 Å². The first-order chi connectivity index (χ1) is 11.1. The Balaban J connectivity index is 0.00000576. The van der Waals surface area contributed by atoms with Crippen LogP contribution in [0, 0.1) is 19.3 Å². The lowest BCUT2D eigenvalue weighted by molar-refractivity contribution is 0.360. The molecule has 0 aliphatic carbocycles. The Morgan fingerprint density at radius 1 is 1.24 bits per heavy atom. The quantitative estimate of drug-likeness (QED) is 0.279. The zero-order valence-corrected chi connectivity index (χ0v) is 19.7. The summed E-state index contributed by atoms with van der Waals surface area (Å²) in [5.74, 6) is 0.887. The monoisotopic (exact) mass is 463 g/mol. The number of nitrogens with one attached hydrogen (secondary N) is 2. The molecule has 0 bridgehead atoms. The topological polar surface area (TPSA) is 54.2 Å². The lowest BCUT2D eigenvalue weighted by Crippen LogP contribution is -2.43. The van der Waals surface area contributed by atoms with Gasteiger partial charge < -0.3 is 10.6 Å². The van der Waals surface area contributed by atoms with Crippen molar-refractivity contribution >= 4 is 29.9 Å². The first-order valence-electron chi connectivity index (χ1n) is 9.10. The van der Waals surface area contributed by atoms with Gasteiger partial charge in [0.25, 0.3) is 0 Å².